The second kappa shape index (κ2) is 8.31. The van der Waals surface area contributed by atoms with Crippen LogP contribution in [0.3, 0.4) is 0 Å². The maximum Gasteiger partial charge on any atom is 0.276 e. The van der Waals surface area contributed by atoms with Crippen molar-refractivity contribution < 1.29 is 13.9 Å². The molecule has 8 heteroatoms. The molecule has 0 amide bonds. The molecule has 166 valence electrons. The average Bonchev–Trinajstić information content (AvgIpc) is 3.45. The molecule has 0 spiro atoms. The minimum absolute atomic E-state index is 0.174. The first kappa shape index (κ1) is 20.6. The van der Waals surface area contributed by atoms with Crippen LogP contribution in [-0.2, 0) is 6.54 Å². The SMILES string of the molecule is COc1ccccc1-c1cc2c(=O)n(Cc3nc(-c4ccccc4OC)oc3C)ccn2n1. The lowest BCUT2D eigenvalue weighted by Crippen LogP contribution is -2.22. The topological polar surface area (TPSA) is 83.8 Å². The number of hydrogen-bond donors (Lipinski definition) is 0. The van der Waals surface area contributed by atoms with E-state index in [4.69, 9.17) is 13.9 Å². The summed E-state index contributed by atoms with van der Waals surface area (Å²) in [5.41, 5.74) is 3.21. The van der Waals surface area contributed by atoms with E-state index in [1.165, 1.54) is 0 Å². The number of hydrogen-bond acceptors (Lipinski definition) is 6. The first-order chi connectivity index (χ1) is 16.1. The van der Waals surface area contributed by atoms with Crippen LogP contribution in [0.1, 0.15) is 11.5 Å². The van der Waals surface area contributed by atoms with Gasteiger partial charge in [0.25, 0.3) is 5.56 Å². The number of oxazole rings is 1. The molecule has 33 heavy (non-hydrogen) atoms. The Hall–Kier alpha value is -4.33. The first-order valence-electron chi connectivity index (χ1n) is 10.4. The lowest BCUT2D eigenvalue weighted by Gasteiger charge is -2.04. The molecule has 5 rings (SSSR count). The quantitative estimate of drug-likeness (QED) is 0.392. The van der Waals surface area contributed by atoms with Crippen LogP contribution in [0, 0.1) is 6.92 Å². The minimum Gasteiger partial charge on any atom is -0.496 e. The summed E-state index contributed by atoms with van der Waals surface area (Å²) in [4.78, 5) is 17.8. The summed E-state index contributed by atoms with van der Waals surface area (Å²) in [7, 11) is 3.22. The normalized spacial score (nSPS) is 11.1. The number of nitrogens with zero attached hydrogens (tertiary/aromatic N) is 4. The third kappa shape index (κ3) is 3.65. The van der Waals surface area contributed by atoms with Gasteiger partial charge in [0.1, 0.15) is 28.5 Å². The molecule has 5 aromatic rings. The molecule has 8 nitrogen and oxygen atoms in total. The molecule has 0 bridgehead atoms. The van der Waals surface area contributed by atoms with Crippen LogP contribution in [0.5, 0.6) is 11.5 Å². The third-order valence-electron chi connectivity index (χ3n) is 5.54. The Morgan fingerprint density at radius 3 is 2.33 bits per heavy atom. The molecule has 0 aliphatic carbocycles. The Kier molecular flexibility index (Phi) is 5.18. The van der Waals surface area contributed by atoms with Gasteiger partial charge < -0.3 is 18.5 Å². The molecule has 0 saturated heterocycles. The Bertz CT molecular complexity index is 1510. The molecule has 0 atom stereocenters. The van der Waals surface area contributed by atoms with Crippen LogP contribution in [0.25, 0.3) is 28.2 Å². The number of methoxy groups -OCH3 is 2. The summed E-state index contributed by atoms with van der Waals surface area (Å²) in [6, 6.07) is 16.9. The standard InChI is InChI=1S/C25H22N4O4/c1-16-20(26-24(33-16)18-9-5-7-11-23(18)32-3)15-28-12-13-29-21(25(28)30)14-19(27-29)17-8-4-6-10-22(17)31-2/h4-14H,15H2,1-3H3. The van der Waals surface area contributed by atoms with Gasteiger partial charge in [0.15, 0.2) is 0 Å². The highest BCUT2D eigenvalue weighted by molar-refractivity contribution is 5.71. The number of rotatable bonds is 6. The minimum atomic E-state index is -0.174. The van der Waals surface area contributed by atoms with Crippen molar-refractivity contribution >= 4 is 5.52 Å². The smallest absolute Gasteiger partial charge is 0.276 e. The molecule has 0 aliphatic heterocycles. The van der Waals surface area contributed by atoms with E-state index in [1.807, 2.05) is 55.5 Å². The highest BCUT2D eigenvalue weighted by atomic mass is 16.5. The summed E-state index contributed by atoms with van der Waals surface area (Å²) in [5, 5.41) is 4.56. The van der Waals surface area contributed by atoms with Gasteiger partial charge in [-0.2, -0.15) is 5.10 Å². The molecule has 0 N–H and O–H groups in total. The van der Waals surface area contributed by atoms with Crippen LogP contribution in [0.15, 0.2) is 76.2 Å². The van der Waals surface area contributed by atoms with Gasteiger partial charge in [0.2, 0.25) is 5.89 Å². The van der Waals surface area contributed by atoms with Crippen molar-refractivity contribution in [3.8, 4) is 34.2 Å². The van der Waals surface area contributed by atoms with E-state index in [2.05, 4.69) is 10.1 Å². The number of para-hydroxylation sites is 2. The van der Waals surface area contributed by atoms with E-state index in [9.17, 15) is 4.79 Å². The molecule has 3 heterocycles. The molecule has 0 aliphatic rings. The molecule has 0 fully saturated rings. The van der Waals surface area contributed by atoms with Gasteiger partial charge in [0, 0.05) is 18.0 Å². The van der Waals surface area contributed by atoms with Crippen LogP contribution in [-0.4, -0.2) is 33.4 Å². The van der Waals surface area contributed by atoms with E-state index in [1.54, 1.807) is 41.8 Å². The lowest BCUT2D eigenvalue weighted by molar-refractivity contribution is 0.414. The summed E-state index contributed by atoms with van der Waals surface area (Å²) >= 11 is 0. The Labute approximate surface area is 189 Å². The molecule has 0 radical (unpaired) electrons. The molecule has 2 aromatic carbocycles. The summed E-state index contributed by atoms with van der Waals surface area (Å²) in [5.74, 6) is 2.47. The van der Waals surface area contributed by atoms with Crippen LogP contribution < -0.4 is 15.0 Å². The molecular weight excluding hydrogens is 420 g/mol. The van der Waals surface area contributed by atoms with E-state index >= 15 is 0 Å². The lowest BCUT2D eigenvalue weighted by atomic mass is 10.1. The van der Waals surface area contributed by atoms with Crippen molar-refractivity contribution in [1.82, 2.24) is 19.2 Å². The van der Waals surface area contributed by atoms with Crippen LogP contribution in [0.2, 0.25) is 0 Å². The van der Waals surface area contributed by atoms with Gasteiger partial charge in [0.05, 0.1) is 32.0 Å². The van der Waals surface area contributed by atoms with Gasteiger partial charge >= 0.3 is 0 Å². The van der Waals surface area contributed by atoms with Gasteiger partial charge in [-0.05, 0) is 37.3 Å². The highest BCUT2D eigenvalue weighted by Gasteiger charge is 2.17. The van der Waals surface area contributed by atoms with Crippen molar-refractivity contribution in [1.29, 1.82) is 0 Å². The largest absolute Gasteiger partial charge is 0.496 e. The van der Waals surface area contributed by atoms with Crippen molar-refractivity contribution in [2.24, 2.45) is 0 Å². The predicted molar refractivity (Wildman–Crippen MR) is 124 cm³/mol. The van der Waals surface area contributed by atoms with Crippen LogP contribution in [0.4, 0.5) is 0 Å². The second-order valence-electron chi connectivity index (χ2n) is 7.51. The van der Waals surface area contributed by atoms with Gasteiger partial charge in [-0.3, -0.25) is 4.79 Å². The highest BCUT2D eigenvalue weighted by Crippen LogP contribution is 2.31. The molecular formula is C25H22N4O4. The van der Waals surface area contributed by atoms with Gasteiger partial charge in [-0.25, -0.2) is 9.50 Å². The number of aromatic nitrogens is 4. The van der Waals surface area contributed by atoms with E-state index in [0.717, 1.165) is 11.1 Å². The number of benzene rings is 2. The number of fused-ring (bicyclic) bond motifs is 1. The van der Waals surface area contributed by atoms with E-state index < -0.39 is 0 Å². The predicted octanol–water partition coefficient (Wildman–Crippen LogP) is 4.19. The fraction of sp³-hybridized carbons (Fsp3) is 0.160. The number of aryl methyl sites for hydroxylation is 1. The summed E-state index contributed by atoms with van der Waals surface area (Å²) in [6.07, 6.45) is 3.46. The fourth-order valence-corrected chi connectivity index (χ4v) is 3.81. The van der Waals surface area contributed by atoms with Gasteiger partial charge in [-0.1, -0.05) is 24.3 Å². The maximum atomic E-state index is 13.2. The van der Waals surface area contributed by atoms with Gasteiger partial charge in [-0.15, -0.1) is 0 Å². The Balaban J connectivity index is 1.51. The second-order valence-corrected chi connectivity index (χ2v) is 7.51. The Morgan fingerprint density at radius 1 is 0.939 bits per heavy atom. The van der Waals surface area contributed by atoms with Crippen molar-refractivity contribution in [2.45, 2.75) is 13.5 Å². The number of ether oxygens (including phenoxy) is 2. The van der Waals surface area contributed by atoms with Crippen molar-refractivity contribution in [3.63, 3.8) is 0 Å². The first-order valence-corrected chi connectivity index (χ1v) is 10.4. The monoisotopic (exact) mass is 442 g/mol. The van der Waals surface area contributed by atoms with Crippen molar-refractivity contribution in [3.05, 3.63) is 88.8 Å². The third-order valence-corrected chi connectivity index (χ3v) is 5.54. The molecule has 0 saturated carbocycles. The molecule has 0 unspecified atom stereocenters. The molecule has 3 aromatic heterocycles. The zero-order valence-corrected chi connectivity index (χ0v) is 18.5. The zero-order valence-electron chi connectivity index (χ0n) is 18.5. The van der Waals surface area contributed by atoms with E-state index in [-0.39, 0.29) is 12.1 Å². The zero-order chi connectivity index (χ0) is 22.9. The summed E-state index contributed by atoms with van der Waals surface area (Å²) < 4.78 is 19.9. The maximum absolute atomic E-state index is 13.2. The summed E-state index contributed by atoms with van der Waals surface area (Å²) in [6.45, 7) is 2.11. The van der Waals surface area contributed by atoms with Crippen LogP contribution >= 0.6 is 0 Å². The Morgan fingerprint density at radius 2 is 1.61 bits per heavy atom. The fourth-order valence-electron chi connectivity index (χ4n) is 3.81. The average molecular weight is 442 g/mol. The van der Waals surface area contributed by atoms with Crippen molar-refractivity contribution in [2.75, 3.05) is 14.2 Å². The van der Waals surface area contributed by atoms with E-state index in [0.29, 0.717) is 40.1 Å².